The molecule has 0 aliphatic heterocycles. The molecule has 3 aromatic heterocycles. The zero-order chi connectivity index (χ0) is 17.2. The Bertz CT molecular complexity index is 1050. The number of aromatic nitrogens is 5. The quantitative estimate of drug-likeness (QED) is 0.579. The molecule has 0 unspecified atom stereocenters. The van der Waals surface area contributed by atoms with Crippen LogP contribution in [-0.2, 0) is 7.05 Å². The van der Waals surface area contributed by atoms with Gasteiger partial charge in [-0.3, -0.25) is 4.98 Å². The van der Waals surface area contributed by atoms with E-state index in [-0.39, 0.29) is 0 Å². The van der Waals surface area contributed by atoms with E-state index >= 15 is 0 Å². The summed E-state index contributed by atoms with van der Waals surface area (Å²) in [5, 5.41) is 13.3. The summed E-state index contributed by atoms with van der Waals surface area (Å²) in [6.07, 6.45) is 7.04. The van der Waals surface area contributed by atoms with E-state index < -0.39 is 0 Å². The molecule has 0 aliphatic rings. The summed E-state index contributed by atoms with van der Waals surface area (Å²) in [5.74, 6) is 0. The molecule has 0 atom stereocenters. The highest BCUT2D eigenvalue weighted by atomic mass is 15.3. The summed E-state index contributed by atoms with van der Waals surface area (Å²) in [6, 6.07) is 15.6. The summed E-state index contributed by atoms with van der Waals surface area (Å²) < 4.78 is 3.77. The van der Waals surface area contributed by atoms with Gasteiger partial charge in [-0.05, 0) is 30.3 Å². The molecular weight excluding hydrogens is 312 g/mol. The normalized spacial score (nSPS) is 10.6. The van der Waals surface area contributed by atoms with E-state index in [0.29, 0.717) is 11.3 Å². The fraction of sp³-hybridized carbons (Fsp3) is 0.0526. The number of nitriles is 1. The van der Waals surface area contributed by atoms with Crippen LogP contribution in [0, 0.1) is 11.3 Å². The van der Waals surface area contributed by atoms with Crippen molar-refractivity contribution < 1.29 is 0 Å². The van der Waals surface area contributed by atoms with E-state index in [1.165, 1.54) is 0 Å². The second kappa shape index (κ2) is 6.06. The van der Waals surface area contributed by atoms with Crippen molar-refractivity contribution in [3.8, 4) is 34.4 Å². The molecule has 3 heterocycles. The molecule has 4 rings (SSSR count). The van der Waals surface area contributed by atoms with Crippen molar-refractivity contribution in [2.24, 2.45) is 7.05 Å². The van der Waals surface area contributed by atoms with E-state index in [9.17, 15) is 0 Å². The lowest BCUT2D eigenvalue weighted by atomic mass is 10.1. The number of hydrogen-bond donors (Lipinski definition) is 0. The van der Waals surface area contributed by atoms with Crippen LogP contribution in [0.5, 0.6) is 0 Å². The molecule has 0 spiro atoms. The van der Waals surface area contributed by atoms with E-state index in [0.717, 1.165) is 22.6 Å². The topological polar surface area (TPSA) is 72.3 Å². The number of nitrogens with zero attached hydrogens (tertiary/aromatic N) is 6. The molecule has 0 saturated carbocycles. The van der Waals surface area contributed by atoms with E-state index in [1.54, 1.807) is 30.9 Å². The van der Waals surface area contributed by atoms with Gasteiger partial charge in [-0.2, -0.15) is 10.4 Å². The maximum absolute atomic E-state index is 9.11. The van der Waals surface area contributed by atoms with Crippen LogP contribution in [0.1, 0.15) is 5.56 Å². The first-order valence-electron chi connectivity index (χ1n) is 7.74. The molecule has 6 nitrogen and oxygen atoms in total. The minimum atomic E-state index is 0.565. The maximum atomic E-state index is 9.11. The molecular formula is C19H14N6. The maximum Gasteiger partial charge on any atom is 0.115 e. The number of rotatable bonds is 3. The van der Waals surface area contributed by atoms with E-state index in [2.05, 4.69) is 21.1 Å². The number of benzene rings is 1. The van der Waals surface area contributed by atoms with Gasteiger partial charge in [0.25, 0.3) is 0 Å². The molecule has 120 valence electrons. The molecule has 0 aliphatic carbocycles. The average Bonchev–Trinajstić information content (AvgIpc) is 3.32. The first kappa shape index (κ1) is 14.8. The van der Waals surface area contributed by atoms with Gasteiger partial charge in [0.05, 0.1) is 35.0 Å². The Morgan fingerprint density at radius 2 is 1.88 bits per heavy atom. The van der Waals surface area contributed by atoms with Crippen LogP contribution in [0.4, 0.5) is 0 Å². The molecule has 4 aromatic rings. The van der Waals surface area contributed by atoms with Crippen LogP contribution >= 0.6 is 0 Å². The number of aryl methyl sites for hydroxylation is 1. The first-order valence-corrected chi connectivity index (χ1v) is 7.74. The van der Waals surface area contributed by atoms with Crippen LogP contribution in [0.25, 0.3) is 28.3 Å². The minimum absolute atomic E-state index is 0.565. The van der Waals surface area contributed by atoms with Gasteiger partial charge < -0.3 is 4.57 Å². The largest absolute Gasteiger partial charge is 0.333 e. The summed E-state index contributed by atoms with van der Waals surface area (Å²) in [5.41, 5.74) is 4.97. The lowest BCUT2D eigenvalue weighted by molar-refractivity contribution is 0.880. The standard InChI is InChI=1S/C19H14N6/c1-24-13-22-18(17-11-14(12-20)7-9-21-17)19(24)15-3-5-16(6-4-15)25-10-2-8-23-25/h2-11,13H,1H3. The molecule has 0 bridgehead atoms. The lowest BCUT2D eigenvalue weighted by Crippen LogP contribution is -1.96. The predicted octanol–water partition coefficient (Wildman–Crippen LogP) is 3.21. The Balaban J connectivity index is 1.78. The fourth-order valence-electron chi connectivity index (χ4n) is 2.78. The third-order valence-corrected chi connectivity index (χ3v) is 3.98. The average molecular weight is 326 g/mol. The first-order chi connectivity index (χ1) is 12.3. The molecule has 1 aromatic carbocycles. The third kappa shape index (κ3) is 2.68. The smallest absolute Gasteiger partial charge is 0.115 e. The van der Waals surface area contributed by atoms with Crippen LogP contribution in [0.2, 0.25) is 0 Å². The Kier molecular flexibility index (Phi) is 3.60. The van der Waals surface area contributed by atoms with Crippen LogP contribution in [-0.4, -0.2) is 24.3 Å². The molecule has 0 saturated heterocycles. The van der Waals surface area contributed by atoms with Crippen molar-refractivity contribution in [3.05, 3.63) is 72.9 Å². The van der Waals surface area contributed by atoms with Gasteiger partial charge in [0.2, 0.25) is 0 Å². The van der Waals surface area contributed by atoms with Crippen LogP contribution in [0.3, 0.4) is 0 Å². The molecule has 0 fully saturated rings. The third-order valence-electron chi connectivity index (χ3n) is 3.98. The highest BCUT2D eigenvalue weighted by molar-refractivity contribution is 5.77. The Labute approximate surface area is 144 Å². The Morgan fingerprint density at radius 1 is 1.04 bits per heavy atom. The Hall–Kier alpha value is -3.72. The summed E-state index contributed by atoms with van der Waals surface area (Å²) in [7, 11) is 1.95. The van der Waals surface area contributed by atoms with Crippen molar-refractivity contribution in [2.75, 3.05) is 0 Å². The van der Waals surface area contributed by atoms with Gasteiger partial charge in [-0.15, -0.1) is 0 Å². The zero-order valence-corrected chi connectivity index (χ0v) is 13.5. The predicted molar refractivity (Wildman–Crippen MR) is 93.7 cm³/mol. The number of hydrogen-bond acceptors (Lipinski definition) is 4. The van der Waals surface area contributed by atoms with Crippen molar-refractivity contribution in [2.45, 2.75) is 0 Å². The molecule has 0 radical (unpaired) electrons. The van der Waals surface area contributed by atoms with Gasteiger partial charge in [0.15, 0.2) is 0 Å². The molecule has 6 heteroatoms. The SMILES string of the molecule is Cn1cnc(-c2cc(C#N)ccn2)c1-c1ccc(-n2cccn2)cc1. The van der Waals surface area contributed by atoms with Crippen molar-refractivity contribution >= 4 is 0 Å². The van der Waals surface area contributed by atoms with Crippen LogP contribution in [0.15, 0.2) is 67.4 Å². The fourth-order valence-corrected chi connectivity index (χ4v) is 2.78. The summed E-state index contributed by atoms with van der Waals surface area (Å²) in [4.78, 5) is 8.86. The number of pyridine rings is 1. The monoisotopic (exact) mass is 326 g/mol. The minimum Gasteiger partial charge on any atom is -0.333 e. The van der Waals surface area contributed by atoms with Crippen molar-refractivity contribution in [1.82, 2.24) is 24.3 Å². The number of imidazole rings is 1. The second-order valence-electron chi connectivity index (χ2n) is 5.59. The second-order valence-corrected chi connectivity index (χ2v) is 5.59. The van der Waals surface area contributed by atoms with E-state index in [1.807, 2.05) is 52.8 Å². The van der Waals surface area contributed by atoms with Crippen LogP contribution < -0.4 is 0 Å². The van der Waals surface area contributed by atoms with E-state index in [4.69, 9.17) is 5.26 Å². The zero-order valence-electron chi connectivity index (χ0n) is 13.5. The van der Waals surface area contributed by atoms with Gasteiger partial charge in [0.1, 0.15) is 5.69 Å². The van der Waals surface area contributed by atoms with Gasteiger partial charge >= 0.3 is 0 Å². The van der Waals surface area contributed by atoms with Gasteiger partial charge in [0, 0.05) is 31.2 Å². The summed E-state index contributed by atoms with van der Waals surface area (Å²) in [6.45, 7) is 0. The molecule has 0 amide bonds. The van der Waals surface area contributed by atoms with Crippen molar-refractivity contribution in [1.29, 1.82) is 5.26 Å². The highest BCUT2D eigenvalue weighted by Gasteiger charge is 2.15. The lowest BCUT2D eigenvalue weighted by Gasteiger charge is -2.08. The molecule has 25 heavy (non-hydrogen) atoms. The summed E-state index contributed by atoms with van der Waals surface area (Å²) >= 11 is 0. The van der Waals surface area contributed by atoms with Crippen molar-refractivity contribution in [3.63, 3.8) is 0 Å². The molecule has 0 N–H and O–H groups in total. The Morgan fingerprint density at radius 3 is 2.60 bits per heavy atom. The van der Waals surface area contributed by atoms with Gasteiger partial charge in [-0.25, -0.2) is 9.67 Å². The highest BCUT2D eigenvalue weighted by Crippen LogP contribution is 2.30. The van der Waals surface area contributed by atoms with Gasteiger partial charge in [-0.1, -0.05) is 12.1 Å².